The molecule has 0 radical (unpaired) electrons. The monoisotopic (exact) mass is 412 g/mol. The summed E-state index contributed by atoms with van der Waals surface area (Å²) in [6.07, 6.45) is 0. The third-order valence-electron chi connectivity index (χ3n) is 4.92. The average molecular weight is 413 g/mol. The van der Waals surface area contributed by atoms with E-state index < -0.39 is 10.0 Å². The number of likely N-dealkylation sites (N-methyl/N-ethyl adjacent to an activating group) is 1. The Labute approximate surface area is 171 Å². The van der Waals surface area contributed by atoms with Crippen LogP contribution in [0.1, 0.15) is 11.1 Å². The Morgan fingerprint density at radius 1 is 1.03 bits per heavy atom. The standard InChI is InChI=1S/C21H24N4O3S/c1-23(16-18-7-3-2-4-8-18)17-21(26)24-11-13-25(14-12-24)29(27,28)20-10-6-5-9-19(20)15-22/h2-10H,11-14,16-17H2,1H3. The summed E-state index contributed by atoms with van der Waals surface area (Å²) < 4.78 is 27.1. The molecule has 8 heteroatoms. The van der Waals surface area contributed by atoms with Crippen LogP contribution in [-0.4, -0.2) is 68.2 Å². The fraction of sp³-hybridized carbons (Fsp3) is 0.333. The predicted molar refractivity (Wildman–Crippen MR) is 109 cm³/mol. The van der Waals surface area contributed by atoms with Crippen LogP contribution in [0, 0.1) is 11.3 Å². The molecular formula is C21H24N4O3S. The first-order chi connectivity index (χ1) is 13.9. The molecule has 0 N–H and O–H groups in total. The van der Waals surface area contributed by atoms with Gasteiger partial charge in [-0.15, -0.1) is 0 Å². The third-order valence-corrected chi connectivity index (χ3v) is 6.87. The van der Waals surface area contributed by atoms with E-state index >= 15 is 0 Å². The summed E-state index contributed by atoms with van der Waals surface area (Å²) in [5.74, 6) is -0.0158. The fourth-order valence-corrected chi connectivity index (χ4v) is 4.95. The molecule has 1 saturated heterocycles. The topological polar surface area (TPSA) is 84.7 Å². The second kappa shape index (κ2) is 9.18. The van der Waals surface area contributed by atoms with Crippen molar-refractivity contribution < 1.29 is 13.2 Å². The first-order valence-corrected chi connectivity index (χ1v) is 10.9. The molecule has 2 aromatic rings. The number of carbonyl (C=O) groups excluding carboxylic acids is 1. The van der Waals surface area contributed by atoms with Gasteiger partial charge in [0.15, 0.2) is 0 Å². The van der Waals surface area contributed by atoms with E-state index in [0.29, 0.717) is 19.6 Å². The zero-order valence-electron chi connectivity index (χ0n) is 16.4. The minimum absolute atomic E-state index is 0.0158. The number of sulfonamides is 1. The Bertz CT molecular complexity index is 994. The number of rotatable bonds is 6. The van der Waals surface area contributed by atoms with Crippen LogP contribution < -0.4 is 0 Å². The van der Waals surface area contributed by atoms with Crippen molar-refractivity contribution in [1.82, 2.24) is 14.1 Å². The maximum atomic E-state index is 12.9. The lowest BCUT2D eigenvalue weighted by Gasteiger charge is -2.35. The van der Waals surface area contributed by atoms with Gasteiger partial charge in [0.25, 0.3) is 0 Å². The van der Waals surface area contributed by atoms with Gasteiger partial charge in [-0.2, -0.15) is 9.57 Å². The highest BCUT2D eigenvalue weighted by Gasteiger charge is 2.31. The van der Waals surface area contributed by atoms with E-state index in [-0.39, 0.29) is 36.0 Å². The fourth-order valence-electron chi connectivity index (χ4n) is 3.38. The molecule has 0 spiro atoms. The second-order valence-corrected chi connectivity index (χ2v) is 8.96. The quantitative estimate of drug-likeness (QED) is 0.718. The van der Waals surface area contributed by atoms with E-state index in [0.717, 1.165) is 5.56 Å². The predicted octanol–water partition coefficient (Wildman–Crippen LogP) is 1.52. The van der Waals surface area contributed by atoms with Crippen LogP contribution in [0.25, 0.3) is 0 Å². The Morgan fingerprint density at radius 3 is 2.31 bits per heavy atom. The largest absolute Gasteiger partial charge is 0.339 e. The number of nitrogens with zero attached hydrogens (tertiary/aromatic N) is 4. The number of nitriles is 1. The molecule has 1 aliphatic heterocycles. The molecule has 0 unspecified atom stereocenters. The zero-order valence-corrected chi connectivity index (χ0v) is 17.2. The molecule has 1 fully saturated rings. The zero-order chi connectivity index (χ0) is 20.9. The van der Waals surface area contributed by atoms with E-state index in [1.54, 1.807) is 17.0 Å². The van der Waals surface area contributed by atoms with E-state index in [2.05, 4.69) is 0 Å². The first-order valence-electron chi connectivity index (χ1n) is 9.41. The molecule has 7 nitrogen and oxygen atoms in total. The van der Waals surface area contributed by atoms with E-state index in [4.69, 9.17) is 0 Å². The van der Waals surface area contributed by atoms with Crippen LogP contribution in [0.5, 0.6) is 0 Å². The van der Waals surface area contributed by atoms with Crippen molar-refractivity contribution in [1.29, 1.82) is 5.26 Å². The summed E-state index contributed by atoms with van der Waals surface area (Å²) in [4.78, 5) is 16.3. The Morgan fingerprint density at radius 2 is 1.66 bits per heavy atom. The summed E-state index contributed by atoms with van der Waals surface area (Å²) in [6, 6.07) is 18.0. The van der Waals surface area contributed by atoms with E-state index in [1.807, 2.05) is 48.3 Å². The van der Waals surface area contributed by atoms with Gasteiger partial charge in [-0.25, -0.2) is 8.42 Å². The molecule has 3 rings (SSSR count). The van der Waals surface area contributed by atoms with Crippen molar-refractivity contribution in [3.05, 3.63) is 65.7 Å². The molecule has 1 aliphatic rings. The molecule has 1 amide bonds. The van der Waals surface area contributed by atoms with Gasteiger partial charge < -0.3 is 4.90 Å². The van der Waals surface area contributed by atoms with Crippen molar-refractivity contribution in [3.63, 3.8) is 0 Å². The van der Waals surface area contributed by atoms with Crippen molar-refractivity contribution in [2.24, 2.45) is 0 Å². The second-order valence-electron chi connectivity index (χ2n) is 7.05. The highest BCUT2D eigenvalue weighted by Crippen LogP contribution is 2.21. The molecule has 29 heavy (non-hydrogen) atoms. The Hall–Kier alpha value is -2.73. The summed E-state index contributed by atoms with van der Waals surface area (Å²) in [5.41, 5.74) is 1.27. The first kappa shape index (κ1) is 21.0. The molecule has 152 valence electrons. The van der Waals surface area contributed by atoms with Crippen LogP contribution in [0.4, 0.5) is 0 Å². The Balaban J connectivity index is 1.57. The molecule has 0 saturated carbocycles. The summed E-state index contributed by atoms with van der Waals surface area (Å²) in [6.45, 7) is 2.06. The number of hydrogen-bond acceptors (Lipinski definition) is 5. The van der Waals surface area contributed by atoms with Crippen molar-refractivity contribution in [2.75, 3.05) is 39.8 Å². The highest BCUT2D eigenvalue weighted by molar-refractivity contribution is 7.89. The van der Waals surface area contributed by atoms with Crippen molar-refractivity contribution in [3.8, 4) is 6.07 Å². The summed E-state index contributed by atoms with van der Waals surface area (Å²) in [5, 5.41) is 9.19. The highest BCUT2D eigenvalue weighted by atomic mass is 32.2. The summed E-state index contributed by atoms with van der Waals surface area (Å²) in [7, 11) is -1.86. The van der Waals surface area contributed by atoms with E-state index in [9.17, 15) is 18.5 Å². The van der Waals surface area contributed by atoms with Crippen LogP contribution in [-0.2, 0) is 21.4 Å². The molecule has 0 bridgehead atoms. The van der Waals surface area contributed by atoms with Crippen LogP contribution >= 0.6 is 0 Å². The van der Waals surface area contributed by atoms with Gasteiger partial charge in [-0.1, -0.05) is 42.5 Å². The molecule has 0 aliphatic carbocycles. The summed E-state index contributed by atoms with van der Waals surface area (Å²) >= 11 is 0. The van der Waals surface area contributed by atoms with Crippen molar-refractivity contribution >= 4 is 15.9 Å². The van der Waals surface area contributed by atoms with Gasteiger partial charge in [-0.05, 0) is 24.7 Å². The third kappa shape index (κ3) is 5.01. The smallest absolute Gasteiger partial charge is 0.244 e. The van der Waals surface area contributed by atoms with Crippen molar-refractivity contribution in [2.45, 2.75) is 11.4 Å². The number of hydrogen-bond donors (Lipinski definition) is 0. The van der Waals surface area contributed by atoms with E-state index in [1.165, 1.54) is 16.4 Å². The maximum absolute atomic E-state index is 12.9. The van der Waals surface area contributed by atoms with Crippen LogP contribution in [0.15, 0.2) is 59.5 Å². The normalized spacial score (nSPS) is 15.3. The molecular weight excluding hydrogens is 388 g/mol. The van der Waals surface area contributed by atoms with Gasteiger partial charge in [-0.3, -0.25) is 9.69 Å². The average Bonchev–Trinajstić information content (AvgIpc) is 2.74. The SMILES string of the molecule is CN(CC(=O)N1CCN(S(=O)(=O)c2ccccc2C#N)CC1)Cc1ccccc1. The molecule has 0 atom stereocenters. The lowest BCUT2D eigenvalue weighted by atomic mass is 10.2. The van der Waals surface area contributed by atoms with Gasteiger partial charge in [0.05, 0.1) is 17.0 Å². The van der Waals surface area contributed by atoms with Gasteiger partial charge in [0, 0.05) is 32.7 Å². The van der Waals surface area contributed by atoms with Gasteiger partial charge >= 0.3 is 0 Å². The van der Waals surface area contributed by atoms with Gasteiger partial charge in [0.1, 0.15) is 6.07 Å². The molecule has 2 aromatic carbocycles. The molecule has 1 heterocycles. The number of amides is 1. The minimum Gasteiger partial charge on any atom is -0.339 e. The van der Waals surface area contributed by atoms with Crippen LogP contribution in [0.3, 0.4) is 0 Å². The number of benzene rings is 2. The number of piperazine rings is 1. The molecule has 0 aromatic heterocycles. The lowest BCUT2D eigenvalue weighted by Crippen LogP contribution is -2.52. The van der Waals surface area contributed by atoms with Gasteiger partial charge in [0.2, 0.25) is 15.9 Å². The minimum atomic E-state index is -3.76. The van der Waals surface area contributed by atoms with Crippen LogP contribution in [0.2, 0.25) is 0 Å². The lowest BCUT2D eigenvalue weighted by molar-refractivity contribution is -0.133. The number of carbonyl (C=O) groups is 1. The maximum Gasteiger partial charge on any atom is 0.244 e. The Kier molecular flexibility index (Phi) is 6.64.